The lowest BCUT2D eigenvalue weighted by molar-refractivity contribution is -0.121. The smallest absolute Gasteiger partial charge is 0.414 e. The maximum absolute atomic E-state index is 12.0. The van der Waals surface area contributed by atoms with E-state index in [1.807, 2.05) is 0 Å². The first kappa shape index (κ1) is 16.5. The topological polar surface area (TPSA) is 58.6 Å². The van der Waals surface area contributed by atoms with E-state index in [9.17, 15) is 9.59 Å². The zero-order valence-electron chi connectivity index (χ0n) is 14.3. The van der Waals surface area contributed by atoms with Gasteiger partial charge in [0.2, 0.25) is 5.91 Å². The van der Waals surface area contributed by atoms with Crippen molar-refractivity contribution in [3.05, 3.63) is 12.2 Å². The largest absolute Gasteiger partial charge is 0.441 e. The summed E-state index contributed by atoms with van der Waals surface area (Å²) in [5, 5.41) is 2.36. The van der Waals surface area contributed by atoms with Crippen molar-refractivity contribution < 1.29 is 14.3 Å². The molecular formula is C18H28N2O3. The van der Waals surface area contributed by atoms with Crippen LogP contribution in [0.5, 0.6) is 0 Å². The standard InChI is InChI=1S/C18H28N2O3/c1-12-9-13-14(18(13,2)3)10-15(12)23-17(22)19-16(21)11-20-7-5-4-6-8-20/h13-15H,1,4-11H2,2-3H3,(H,19,21,22)/t13-,14-,15-/m1/s1. The molecule has 2 amide bonds. The maximum Gasteiger partial charge on any atom is 0.414 e. The number of ether oxygens (including phenoxy) is 1. The second-order valence-electron chi connectivity index (χ2n) is 7.91. The molecule has 1 aliphatic heterocycles. The molecule has 3 rings (SSSR count). The van der Waals surface area contributed by atoms with Crippen LogP contribution in [-0.4, -0.2) is 42.6 Å². The van der Waals surface area contributed by atoms with Crippen LogP contribution < -0.4 is 5.32 Å². The van der Waals surface area contributed by atoms with Crippen LogP contribution in [-0.2, 0) is 9.53 Å². The summed E-state index contributed by atoms with van der Waals surface area (Å²) in [5.41, 5.74) is 1.32. The predicted octanol–water partition coefficient (Wildman–Crippen LogP) is 2.72. The van der Waals surface area contributed by atoms with E-state index in [4.69, 9.17) is 4.74 Å². The van der Waals surface area contributed by atoms with Crippen LogP contribution in [0.25, 0.3) is 0 Å². The number of amides is 2. The highest BCUT2D eigenvalue weighted by Gasteiger charge is 2.60. The fourth-order valence-electron chi connectivity index (χ4n) is 4.31. The Hall–Kier alpha value is -1.36. The molecule has 5 heteroatoms. The van der Waals surface area contributed by atoms with Crippen molar-refractivity contribution in [2.75, 3.05) is 19.6 Å². The summed E-state index contributed by atoms with van der Waals surface area (Å²) in [6.45, 7) is 10.7. The monoisotopic (exact) mass is 320 g/mol. The van der Waals surface area contributed by atoms with Gasteiger partial charge in [0.05, 0.1) is 6.54 Å². The Morgan fingerprint density at radius 3 is 2.65 bits per heavy atom. The molecule has 1 saturated heterocycles. The molecule has 0 spiro atoms. The van der Waals surface area contributed by atoms with E-state index >= 15 is 0 Å². The molecule has 0 radical (unpaired) electrons. The number of imide groups is 1. The van der Waals surface area contributed by atoms with Crippen LogP contribution in [0.3, 0.4) is 0 Å². The lowest BCUT2D eigenvalue weighted by Crippen LogP contribution is -2.43. The molecule has 2 aliphatic carbocycles. The van der Waals surface area contributed by atoms with Gasteiger partial charge in [0.1, 0.15) is 6.10 Å². The fraction of sp³-hybridized carbons (Fsp3) is 0.778. The number of rotatable bonds is 3. The Balaban J connectivity index is 1.44. The van der Waals surface area contributed by atoms with Crippen LogP contribution in [0.1, 0.15) is 46.0 Å². The Bertz CT molecular complexity index is 508. The highest BCUT2D eigenvalue weighted by molar-refractivity contribution is 5.92. The number of hydrogen-bond donors (Lipinski definition) is 1. The Kier molecular flexibility index (Phi) is 4.50. The molecule has 3 atom stereocenters. The molecule has 0 aromatic rings. The molecular weight excluding hydrogens is 292 g/mol. The minimum absolute atomic E-state index is 0.249. The first-order valence-electron chi connectivity index (χ1n) is 8.78. The first-order chi connectivity index (χ1) is 10.9. The summed E-state index contributed by atoms with van der Waals surface area (Å²) in [4.78, 5) is 26.0. The molecule has 3 fully saturated rings. The second-order valence-corrected chi connectivity index (χ2v) is 7.91. The number of likely N-dealkylation sites (tertiary alicyclic amines) is 1. The zero-order chi connectivity index (χ0) is 16.6. The second kappa shape index (κ2) is 6.27. The lowest BCUT2D eigenvalue weighted by Gasteiger charge is -2.26. The van der Waals surface area contributed by atoms with Crippen molar-refractivity contribution in [1.29, 1.82) is 0 Å². The van der Waals surface area contributed by atoms with Gasteiger partial charge in [-0.2, -0.15) is 0 Å². The van der Waals surface area contributed by atoms with Crippen molar-refractivity contribution in [2.24, 2.45) is 17.3 Å². The number of hydrogen-bond acceptors (Lipinski definition) is 4. The molecule has 2 saturated carbocycles. The molecule has 1 heterocycles. The number of nitrogens with one attached hydrogen (secondary N) is 1. The third kappa shape index (κ3) is 3.60. The summed E-state index contributed by atoms with van der Waals surface area (Å²) in [7, 11) is 0. The van der Waals surface area contributed by atoms with Gasteiger partial charge in [-0.15, -0.1) is 0 Å². The van der Waals surface area contributed by atoms with Crippen LogP contribution >= 0.6 is 0 Å². The van der Waals surface area contributed by atoms with Gasteiger partial charge in [-0.3, -0.25) is 15.0 Å². The van der Waals surface area contributed by atoms with Gasteiger partial charge in [-0.25, -0.2) is 4.79 Å². The molecule has 0 aromatic carbocycles. The van der Waals surface area contributed by atoms with E-state index in [2.05, 4.69) is 30.6 Å². The van der Waals surface area contributed by atoms with Gasteiger partial charge in [-0.1, -0.05) is 26.8 Å². The third-order valence-corrected chi connectivity index (χ3v) is 6.00. The fourth-order valence-corrected chi connectivity index (χ4v) is 4.31. The quantitative estimate of drug-likeness (QED) is 0.812. The molecule has 1 N–H and O–H groups in total. The Morgan fingerprint density at radius 2 is 1.96 bits per heavy atom. The normalized spacial score (nSPS) is 32.8. The number of carbonyl (C=O) groups excluding carboxylic acids is 2. The van der Waals surface area contributed by atoms with Gasteiger partial charge < -0.3 is 4.74 Å². The van der Waals surface area contributed by atoms with Crippen LogP contribution in [0, 0.1) is 17.3 Å². The minimum atomic E-state index is -0.630. The Morgan fingerprint density at radius 1 is 1.26 bits per heavy atom. The lowest BCUT2D eigenvalue weighted by atomic mass is 9.93. The van der Waals surface area contributed by atoms with Crippen molar-refractivity contribution in [2.45, 2.75) is 52.1 Å². The highest BCUT2D eigenvalue weighted by Crippen LogP contribution is 2.65. The summed E-state index contributed by atoms with van der Waals surface area (Å²) in [6.07, 6.45) is 4.36. The highest BCUT2D eigenvalue weighted by atomic mass is 16.6. The number of fused-ring (bicyclic) bond motifs is 1. The molecule has 3 aliphatic rings. The number of piperidine rings is 1. The van der Waals surface area contributed by atoms with Crippen molar-refractivity contribution in [1.82, 2.24) is 10.2 Å². The summed E-state index contributed by atoms with van der Waals surface area (Å²) < 4.78 is 5.46. The average Bonchev–Trinajstić information content (AvgIpc) is 3.00. The predicted molar refractivity (Wildman–Crippen MR) is 87.8 cm³/mol. The molecule has 23 heavy (non-hydrogen) atoms. The minimum Gasteiger partial charge on any atom is -0.441 e. The zero-order valence-corrected chi connectivity index (χ0v) is 14.3. The van der Waals surface area contributed by atoms with E-state index in [0.717, 1.165) is 44.3 Å². The molecule has 0 bridgehead atoms. The van der Waals surface area contributed by atoms with Crippen molar-refractivity contribution in [3.63, 3.8) is 0 Å². The van der Waals surface area contributed by atoms with Gasteiger partial charge in [0, 0.05) is 0 Å². The van der Waals surface area contributed by atoms with Crippen molar-refractivity contribution >= 4 is 12.0 Å². The summed E-state index contributed by atoms with van der Waals surface area (Å²) in [6, 6.07) is 0. The van der Waals surface area contributed by atoms with E-state index < -0.39 is 6.09 Å². The summed E-state index contributed by atoms with van der Waals surface area (Å²) in [5.74, 6) is 1.01. The molecule has 0 aromatic heterocycles. The summed E-state index contributed by atoms with van der Waals surface area (Å²) >= 11 is 0. The number of nitrogens with zero attached hydrogens (tertiary/aromatic N) is 1. The van der Waals surface area contributed by atoms with Crippen LogP contribution in [0.2, 0.25) is 0 Å². The SMILES string of the molecule is C=C1C[C@@H]2[C@@H](C[C@H]1OC(=O)NC(=O)CN1CCCCC1)C2(C)C. The molecule has 0 unspecified atom stereocenters. The number of carbonyl (C=O) groups is 2. The molecule has 128 valence electrons. The van der Waals surface area contributed by atoms with Crippen LogP contribution in [0.4, 0.5) is 4.79 Å². The molecule has 5 nitrogen and oxygen atoms in total. The van der Waals surface area contributed by atoms with Gasteiger partial charge in [0.25, 0.3) is 0 Å². The van der Waals surface area contributed by atoms with E-state index in [0.29, 0.717) is 17.3 Å². The van der Waals surface area contributed by atoms with E-state index in [1.165, 1.54) is 6.42 Å². The average molecular weight is 320 g/mol. The Labute approximate surface area is 138 Å². The maximum atomic E-state index is 12.0. The van der Waals surface area contributed by atoms with Gasteiger partial charge in [-0.05, 0) is 61.6 Å². The van der Waals surface area contributed by atoms with E-state index in [1.54, 1.807) is 0 Å². The third-order valence-electron chi connectivity index (χ3n) is 6.00. The first-order valence-corrected chi connectivity index (χ1v) is 8.78. The number of alkyl carbamates (subject to hydrolysis) is 1. The van der Waals surface area contributed by atoms with Gasteiger partial charge in [0.15, 0.2) is 0 Å². The van der Waals surface area contributed by atoms with Crippen molar-refractivity contribution in [3.8, 4) is 0 Å². The van der Waals surface area contributed by atoms with Crippen LogP contribution in [0.15, 0.2) is 12.2 Å². The van der Waals surface area contributed by atoms with E-state index in [-0.39, 0.29) is 18.6 Å². The van der Waals surface area contributed by atoms with Gasteiger partial charge >= 0.3 is 6.09 Å².